The molecule has 2 heterocycles. The third-order valence-corrected chi connectivity index (χ3v) is 5.97. The van der Waals surface area contributed by atoms with Crippen LogP contribution in [0.25, 0.3) is 10.9 Å². The normalized spacial score (nSPS) is 16.2. The number of piperidine rings is 1. The standard InChI is InChI=1S/C24H25ClFN3O3/c1-14-5-4-8-29(13-14)24(30)21-11-19(27-15-6-7-18(26)17(25)9-15)16-10-22(31-2)23(32-3)12-20(16)28-21/h6-7,9-12,14H,4-5,8,13H2,1-3H3,(H,27,28). The van der Waals surface area contributed by atoms with E-state index in [1.54, 1.807) is 38.5 Å². The Bertz CT molecular complexity index is 1170. The van der Waals surface area contributed by atoms with Crippen LogP contribution in [0.5, 0.6) is 11.5 Å². The van der Waals surface area contributed by atoms with Crippen molar-refractivity contribution in [3.63, 3.8) is 0 Å². The second-order valence-electron chi connectivity index (χ2n) is 8.03. The zero-order valence-corrected chi connectivity index (χ0v) is 19.0. The summed E-state index contributed by atoms with van der Waals surface area (Å²) in [5, 5.41) is 3.99. The summed E-state index contributed by atoms with van der Waals surface area (Å²) in [6, 6.07) is 9.63. The number of ether oxygens (including phenoxy) is 2. The minimum absolute atomic E-state index is 0.00576. The monoisotopic (exact) mass is 457 g/mol. The minimum atomic E-state index is -0.502. The highest BCUT2D eigenvalue weighted by atomic mass is 35.5. The zero-order chi connectivity index (χ0) is 22.8. The van der Waals surface area contributed by atoms with E-state index < -0.39 is 5.82 Å². The summed E-state index contributed by atoms with van der Waals surface area (Å²) in [6.45, 7) is 3.57. The Morgan fingerprint density at radius 3 is 2.62 bits per heavy atom. The smallest absolute Gasteiger partial charge is 0.272 e. The number of methoxy groups -OCH3 is 2. The highest BCUT2D eigenvalue weighted by molar-refractivity contribution is 6.31. The van der Waals surface area contributed by atoms with Crippen LogP contribution in [-0.4, -0.2) is 43.1 Å². The number of aromatic nitrogens is 1. The van der Waals surface area contributed by atoms with E-state index in [2.05, 4.69) is 17.2 Å². The molecular weight excluding hydrogens is 433 g/mol. The number of carbonyl (C=O) groups is 1. The summed E-state index contributed by atoms with van der Waals surface area (Å²) in [7, 11) is 3.10. The molecule has 8 heteroatoms. The lowest BCUT2D eigenvalue weighted by atomic mass is 10.00. The van der Waals surface area contributed by atoms with Crippen molar-refractivity contribution in [3.8, 4) is 11.5 Å². The fourth-order valence-electron chi connectivity index (χ4n) is 4.03. The zero-order valence-electron chi connectivity index (χ0n) is 18.2. The summed E-state index contributed by atoms with van der Waals surface area (Å²) in [5.74, 6) is 0.883. The molecule has 1 aliphatic rings. The third kappa shape index (κ3) is 4.43. The number of pyridine rings is 1. The molecule has 1 aromatic heterocycles. The molecule has 3 aromatic rings. The van der Waals surface area contributed by atoms with Gasteiger partial charge < -0.3 is 19.7 Å². The first-order valence-corrected chi connectivity index (χ1v) is 10.9. The number of carbonyl (C=O) groups excluding carboxylic acids is 1. The Kier molecular flexibility index (Phi) is 6.37. The Hall–Kier alpha value is -3.06. The van der Waals surface area contributed by atoms with E-state index in [1.807, 2.05) is 4.90 Å². The molecule has 0 aliphatic carbocycles. The van der Waals surface area contributed by atoms with E-state index in [0.29, 0.717) is 53.1 Å². The summed E-state index contributed by atoms with van der Waals surface area (Å²) in [5.41, 5.74) is 2.12. The molecule has 4 rings (SSSR count). The molecule has 168 valence electrons. The van der Waals surface area contributed by atoms with Crippen LogP contribution in [0.3, 0.4) is 0 Å². The van der Waals surface area contributed by atoms with Gasteiger partial charge in [0, 0.05) is 30.2 Å². The van der Waals surface area contributed by atoms with Crippen molar-refractivity contribution in [2.75, 3.05) is 32.6 Å². The summed E-state index contributed by atoms with van der Waals surface area (Å²) in [4.78, 5) is 19.8. The number of halogens is 2. The molecule has 0 radical (unpaired) electrons. The molecule has 1 aliphatic heterocycles. The van der Waals surface area contributed by atoms with Gasteiger partial charge in [0.25, 0.3) is 5.91 Å². The van der Waals surface area contributed by atoms with E-state index in [0.717, 1.165) is 18.2 Å². The highest BCUT2D eigenvalue weighted by Gasteiger charge is 2.24. The largest absolute Gasteiger partial charge is 0.493 e. The fourth-order valence-corrected chi connectivity index (χ4v) is 4.21. The van der Waals surface area contributed by atoms with Gasteiger partial charge >= 0.3 is 0 Å². The molecule has 1 saturated heterocycles. The van der Waals surface area contributed by atoms with Crippen LogP contribution in [0.4, 0.5) is 15.8 Å². The van der Waals surface area contributed by atoms with Crippen LogP contribution >= 0.6 is 11.6 Å². The molecule has 6 nitrogen and oxygen atoms in total. The van der Waals surface area contributed by atoms with Crippen LogP contribution in [0.15, 0.2) is 36.4 Å². The Labute approximate surface area is 191 Å². The van der Waals surface area contributed by atoms with Gasteiger partial charge in [-0.3, -0.25) is 4.79 Å². The van der Waals surface area contributed by atoms with Gasteiger partial charge in [-0.15, -0.1) is 0 Å². The molecule has 1 unspecified atom stereocenters. The number of hydrogen-bond donors (Lipinski definition) is 1. The predicted molar refractivity (Wildman–Crippen MR) is 124 cm³/mol. The fraction of sp³-hybridized carbons (Fsp3) is 0.333. The summed E-state index contributed by atoms with van der Waals surface area (Å²) in [6.07, 6.45) is 2.09. The van der Waals surface area contributed by atoms with Gasteiger partial charge in [0.05, 0.1) is 30.4 Å². The van der Waals surface area contributed by atoms with E-state index in [4.69, 9.17) is 21.1 Å². The van der Waals surface area contributed by atoms with Crippen LogP contribution in [-0.2, 0) is 0 Å². The maximum absolute atomic E-state index is 13.6. The average Bonchev–Trinajstić information content (AvgIpc) is 2.80. The van der Waals surface area contributed by atoms with Crippen molar-refractivity contribution in [3.05, 3.63) is 52.9 Å². The molecular formula is C24H25ClFN3O3. The van der Waals surface area contributed by atoms with E-state index in [-0.39, 0.29) is 10.9 Å². The number of hydrogen-bond acceptors (Lipinski definition) is 5. The van der Waals surface area contributed by atoms with Crippen molar-refractivity contribution >= 4 is 39.8 Å². The lowest BCUT2D eigenvalue weighted by Gasteiger charge is -2.30. The maximum atomic E-state index is 13.6. The van der Waals surface area contributed by atoms with Gasteiger partial charge in [0.1, 0.15) is 11.5 Å². The molecule has 0 saturated carbocycles. The van der Waals surface area contributed by atoms with Crippen LogP contribution < -0.4 is 14.8 Å². The van der Waals surface area contributed by atoms with Crippen molar-refractivity contribution < 1.29 is 18.7 Å². The first kappa shape index (κ1) is 22.1. The maximum Gasteiger partial charge on any atom is 0.272 e. The molecule has 1 atom stereocenters. The summed E-state index contributed by atoms with van der Waals surface area (Å²) < 4.78 is 24.5. The summed E-state index contributed by atoms with van der Waals surface area (Å²) >= 11 is 5.96. The number of nitrogens with zero attached hydrogens (tertiary/aromatic N) is 2. The Morgan fingerprint density at radius 1 is 1.19 bits per heavy atom. The molecule has 1 N–H and O–H groups in total. The van der Waals surface area contributed by atoms with Gasteiger partial charge in [-0.1, -0.05) is 18.5 Å². The van der Waals surface area contributed by atoms with E-state index in [1.165, 1.54) is 12.1 Å². The SMILES string of the molecule is COc1cc2nc(C(=O)N3CCCC(C)C3)cc(Nc3ccc(F)c(Cl)c3)c2cc1OC. The second-order valence-corrected chi connectivity index (χ2v) is 8.44. The lowest BCUT2D eigenvalue weighted by molar-refractivity contribution is 0.0677. The first-order valence-electron chi connectivity index (χ1n) is 10.5. The minimum Gasteiger partial charge on any atom is -0.493 e. The van der Waals surface area contributed by atoms with Crippen molar-refractivity contribution in [1.29, 1.82) is 0 Å². The molecule has 1 fully saturated rings. The Morgan fingerprint density at radius 2 is 1.94 bits per heavy atom. The number of rotatable bonds is 5. The molecule has 32 heavy (non-hydrogen) atoms. The van der Waals surface area contributed by atoms with Crippen LogP contribution in [0.1, 0.15) is 30.3 Å². The number of anilines is 2. The molecule has 1 amide bonds. The quantitative estimate of drug-likeness (QED) is 0.535. The Balaban J connectivity index is 1.82. The molecule has 0 bridgehead atoms. The van der Waals surface area contributed by atoms with Gasteiger partial charge in [-0.25, -0.2) is 9.37 Å². The number of nitrogens with one attached hydrogen (secondary N) is 1. The number of benzene rings is 2. The molecule has 0 spiro atoms. The van der Waals surface area contributed by atoms with Crippen molar-refractivity contribution in [2.45, 2.75) is 19.8 Å². The number of likely N-dealkylation sites (tertiary alicyclic amines) is 1. The first-order chi connectivity index (χ1) is 15.4. The van der Waals surface area contributed by atoms with Gasteiger partial charge in [-0.2, -0.15) is 0 Å². The van der Waals surface area contributed by atoms with Crippen molar-refractivity contribution in [2.24, 2.45) is 5.92 Å². The van der Waals surface area contributed by atoms with Crippen molar-refractivity contribution in [1.82, 2.24) is 9.88 Å². The highest BCUT2D eigenvalue weighted by Crippen LogP contribution is 2.36. The molecule has 2 aromatic carbocycles. The number of fused-ring (bicyclic) bond motifs is 1. The van der Waals surface area contributed by atoms with Gasteiger partial charge in [0.15, 0.2) is 11.5 Å². The van der Waals surface area contributed by atoms with Gasteiger partial charge in [-0.05, 0) is 49.1 Å². The van der Waals surface area contributed by atoms with E-state index in [9.17, 15) is 9.18 Å². The average molecular weight is 458 g/mol. The topological polar surface area (TPSA) is 63.7 Å². The lowest BCUT2D eigenvalue weighted by Crippen LogP contribution is -2.39. The third-order valence-electron chi connectivity index (χ3n) is 5.68. The predicted octanol–water partition coefficient (Wildman–Crippen LogP) is 5.66. The van der Waals surface area contributed by atoms with Crippen LogP contribution in [0.2, 0.25) is 5.02 Å². The van der Waals surface area contributed by atoms with Crippen LogP contribution in [0, 0.1) is 11.7 Å². The number of amides is 1. The second kappa shape index (κ2) is 9.20. The van der Waals surface area contributed by atoms with E-state index >= 15 is 0 Å². The van der Waals surface area contributed by atoms with Gasteiger partial charge in [0.2, 0.25) is 0 Å².